The van der Waals surface area contributed by atoms with E-state index in [-0.39, 0.29) is 12.3 Å². The first-order chi connectivity index (χ1) is 17.0. The van der Waals surface area contributed by atoms with Gasteiger partial charge in [0, 0.05) is 17.8 Å². The van der Waals surface area contributed by atoms with Crippen LogP contribution < -0.4 is 16.0 Å². The van der Waals surface area contributed by atoms with Crippen LogP contribution in [0.5, 0.6) is 0 Å². The largest absolute Gasteiger partial charge is 0.481 e. The Balaban J connectivity index is 1.51. The fourth-order valence-corrected chi connectivity index (χ4v) is 5.39. The van der Waals surface area contributed by atoms with Gasteiger partial charge in [0.1, 0.15) is 0 Å². The fourth-order valence-electron chi connectivity index (χ4n) is 3.84. The van der Waals surface area contributed by atoms with Crippen LogP contribution in [-0.4, -0.2) is 27.7 Å². The number of benzene rings is 3. The number of carbonyl (C=O) groups excluding carboxylic acids is 1. The molecule has 2 atom stereocenters. The molecule has 3 aromatic rings. The van der Waals surface area contributed by atoms with Crippen LogP contribution in [0.4, 0.5) is 11.4 Å². The topological polar surface area (TPSA) is 108 Å². The van der Waals surface area contributed by atoms with Gasteiger partial charge in [-0.2, -0.15) is 0 Å². The number of amides is 1. The Kier molecular flexibility index (Phi) is 7.95. The molecule has 0 aliphatic carbocycles. The molecule has 0 radical (unpaired) electrons. The molecule has 0 fully saturated rings. The van der Waals surface area contributed by atoms with Gasteiger partial charge in [0.05, 0.1) is 38.9 Å². The number of allylic oxidation sites excluding steroid dienone is 1. The number of carboxylic acids is 1. The molecule has 180 valence electrons. The highest BCUT2D eigenvalue weighted by Gasteiger charge is 2.25. The first kappa shape index (κ1) is 24.2. The molecule has 8 heteroatoms. The number of rotatable bonds is 9. The number of hydrogen-bond donors (Lipinski definition) is 4. The number of hydrogen-bond acceptors (Lipinski definition) is 5. The highest BCUT2D eigenvalue weighted by molar-refractivity contribution is 7.85. The van der Waals surface area contributed by atoms with Gasteiger partial charge in [0.2, 0.25) is 0 Å². The standard InChI is InChI=1S/C27H27N3O4S/c31-26(32)18-24(19-8-2-1-3-9-19)35(34)23-11-5-4-10-22(23)30-27(33)20-13-15-21(16-14-20)29-25-12-6-7-17-28-25/h1-5,8-16,24,28-29H,6-7,17-18H2,(H,30,33)(H,31,32). The number of aliphatic carboxylic acids is 1. The zero-order valence-corrected chi connectivity index (χ0v) is 19.9. The van der Waals surface area contributed by atoms with Gasteiger partial charge in [-0.1, -0.05) is 42.5 Å². The average molecular weight is 490 g/mol. The summed E-state index contributed by atoms with van der Waals surface area (Å²) in [5.41, 5.74) is 2.37. The Labute approximate surface area is 206 Å². The summed E-state index contributed by atoms with van der Waals surface area (Å²) in [6.07, 6.45) is 3.94. The van der Waals surface area contributed by atoms with E-state index in [0.29, 0.717) is 21.7 Å². The molecule has 1 heterocycles. The maximum atomic E-state index is 13.5. The number of anilines is 2. The van der Waals surface area contributed by atoms with Crippen molar-refractivity contribution in [2.45, 2.75) is 29.4 Å². The molecular weight excluding hydrogens is 462 g/mol. The molecule has 0 bridgehead atoms. The number of nitrogens with one attached hydrogen (secondary N) is 3. The van der Waals surface area contributed by atoms with E-state index in [0.717, 1.165) is 30.9 Å². The molecule has 1 amide bonds. The monoisotopic (exact) mass is 489 g/mol. The maximum Gasteiger partial charge on any atom is 0.304 e. The van der Waals surface area contributed by atoms with E-state index in [2.05, 4.69) is 22.0 Å². The number of para-hydroxylation sites is 1. The predicted molar refractivity (Wildman–Crippen MR) is 138 cm³/mol. The lowest BCUT2D eigenvalue weighted by Gasteiger charge is -2.18. The number of carboxylic acid groups (broad SMARTS) is 1. The number of carbonyl (C=O) groups is 2. The average Bonchev–Trinajstić information content (AvgIpc) is 2.88. The Morgan fingerprint density at radius 3 is 2.37 bits per heavy atom. The van der Waals surface area contributed by atoms with Gasteiger partial charge in [-0.3, -0.25) is 13.8 Å². The van der Waals surface area contributed by atoms with Crippen molar-refractivity contribution in [2.75, 3.05) is 17.2 Å². The molecule has 0 spiro atoms. The lowest BCUT2D eigenvalue weighted by Crippen LogP contribution is -2.23. The van der Waals surface area contributed by atoms with Crippen molar-refractivity contribution < 1.29 is 18.9 Å². The van der Waals surface area contributed by atoms with Crippen LogP contribution in [0.15, 0.2) is 95.7 Å². The summed E-state index contributed by atoms with van der Waals surface area (Å²) in [5, 5.41) is 18.1. The van der Waals surface area contributed by atoms with E-state index in [1.165, 1.54) is 0 Å². The minimum atomic E-state index is -1.70. The summed E-state index contributed by atoms with van der Waals surface area (Å²) in [7, 11) is -1.70. The van der Waals surface area contributed by atoms with Gasteiger partial charge in [0.15, 0.2) is 0 Å². The summed E-state index contributed by atoms with van der Waals surface area (Å²) in [5.74, 6) is -0.425. The molecule has 2 unspecified atom stereocenters. The molecule has 7 nitrogen and oxygen atoms in total. The lowest BCUT2D eigenvalue weighted by molar-refractivity contribution is -0.137. The second kappa shape index (κ2) is 11.5. The first-order valence-corrected chi connectivity index (χ1v) is 12.6. The van der Waals surface area contributed by atoms with Gasteiger partial charge in [-0.15, -0.1) is 0 Å². The smallest absolute Gasteiger partial charge is 0.304 e. The first-order valence-electron chi connectivity index (χ1n) is 11.4. The van der Waals surface area contributed by atoms with Crippen molar-refractivity contribution in [3.05, 3.63) is 102 Å². The van der Waals surface area contributed by atoms with E-state index < -0.39 is 22.0 Å². The second-order valence-corrected chi connectivity index (χ2v) is 9.74. The van der Waals surface area contributed by atoms with Gasteiger partial charge in [-0.05, 0) is 60.9 Å². The van der Waals surface area contributed by atoms with Crippen molar-refractivity contribution in [2.24, 2.45) is 0 Å². The molecule has 3 aromatic carbocycles. The van der Waals surface area contributed by atoms with Crippen LogP contribution in [-0.2, 0) is 15.6 Å². The highest BCUT2D eigenvalue weighted by atomic mass is 32.2. The SMILES string of the molecule is O=C(O)CC(c1ccccc1)S(=O)c1ccccc1NC(=O)c1ccc(NC2=CCCCN2)cc1. The van der Waals surface area contributed by atoms with Crippen molar-refractivity contribution in [1.82, 2.24) is 5.32 Å². The van der Waals surface area contributed by atoms with Crippen LogP contribution in [0.3, 0.4) is 0 Å². The molecule has 1 aliphatic rings. The second-order valence-electron chi connectivity index (χ2n) is 8.13. The van der Waals surface area contributed by atoms with E-state index in [9.17, 15) is 18.9 Å². The summed E-state index contributed by atoms with van der Waals surface area (Å²) in [6.45, 7) is 0.928. The zero-order valence-electron chi connectivity index (χ0n) is 19.1. The quantitative estimate of drug-likeness (QED) is 0.341. The molecule has 0 aromatic heterocycles. The van der Waals surface area contributed by atoms with Gasteiger partial charge in [0.25, 0.3) is 5.91 Å². The van der Waals surface area contributed by atoms with Crippen molar-refractivity contribution >= 4 is 34.1 Å². The van der Waals surface area contributed by atoms with E-state index in [1.807, 2.05) is 18.2 Å². The summed E-state index contributed by atoms with van der Waals surface area (Å²) in [4.78, 5) is 24.8. The van der Waals surface area contributed by atoms with Crippen LogP contribution in [0.1, 0.15) is 40.4 Å². The van der Waals surface area contributed by atoms with E-state index >= 15 is 0 Å². The van der Waals surface area contributed by atoms with Gasteiger partial charge < -0.3 is 21.1 Å². The minimum absolute atomic E-state index is 0.293. The van der Waals surface area contributed by atoms with E-state index in [4.69, 9.17) is 0 Å². The molecule has 35 heavy (non-hydrogen) atoms. The van der Waals surface area contributed by atoms with Crippen molar-refractivity contribution in [1.29, 1.82) is 0 Å². The zero-order chi connectivity index (χ0) is 24.6. The molecule has 4 rings (SSSR count). The van der Waals surface area contributed by atoms with Crippen LogP contribution in [0.25, 0.3) is 0 Å². The molecule has 0 saturated heterocycles. The minimum Gasteiger partial charge on any atom is -0.481 e. The van der Waals surface area contributed by atoms with Crippen LogP contribution in [0, 0.1) is 0 Å². The Bertz CT molecular complexity index is 1240. The van der Waals surface area contributed by atoms with Crippen molar-refractivity contribution in [3.8, 4) is 0 Å². The third-order valence-corrected chi connectivity index (χ3v) is 7.36. The summed E-state index contributed by atoms with van der Waals surface area (Å²) in [6, 6.07) is 22.8. The van der Waals surface area contributed by atoms with Gasteiger partial charge in [-0.25, -0.2) is 0 Å². The lowest BCUT2D eigenvalue weighted by atomic mass is 10.1. The third-order valence-electron chi connectivity index (χ3n) is 5.61. The Hall–Kier alpha value is -3.91. The van der Waals surface area contributed by atoms with Crippen LogP contribution >= 0.6 is 0 Å². The van der Waals surface area contributed by atoms with Gasteiger partial charge >= 0.3 is 5.97 Å². The molecule has 0 saturated carbocycles. The molecule has 4 N–H and O–H groups in total. The Morgan fingerprint density at radius 2 is 1.69 bits per heavy atom. The maximum absolute atomic E-state index is 13.5. The van der Waals surface area contributed by atoms with Crippen LogP contribution in [0.2, 0.25) is 0 Å². The van der Waals surface area contributed by atoms with E-state index in [1.54, 1.807) is 60.7 Å². The summed E-state index contributed by atoms with van der Waals surface area (Å²) >= 11 is 0. The molecule has 1 aliphatic heterocycles. The Morgan fingerprint density at radius 1 is 0.971 bits per heavy atom. The third kappa shape index (κ3) is 6.36. The normalized spacial score (nSPS) is 14.7. The summed E-state index contributed by atoms with van der Waals surface area (Å²) < 4.78 is 13.5. The highest BCUT2D eigenvalue weighted by Crippen LogP contribution is 2.32. The molecular formula is C27H27N3O4S. The fraction of sp³-hybridized carbons (Fsp3) is 0.185. The predicted octanol–water partition coefficient (Wildman–Crippen LogP) is 4.90. The van der Waals surface area contributed by atoms with Crippen molar-refractivity contribution in [3.63, 3.8) is 0 Å².